The van der Waals surface area contributed by atoms with Crippen LogP contribution >= 0.6 is 0 Å². The number of hydrogen-bond donors (Lipinski definition) is 2. The predicted molar refractivity (Wildman–Crippen MR) is 76.7 cm³/mol. The highest BCUT2D eigenvalue weighted by atomic mass is 19.1. The molecule has 0 bridgehead atoms. The number of anilines is 1. The largest absolute Gasteiger partial charge is 0.478 e. The van der Waals surface area contributed by atoms with E-state index in [2.05, 4.69) is 5.32 Å². The highest BCUT2D eigenvalue weighted by Gasteiger charge is 2.10. The SMILES string of the molecule is N#Cc1c(F)cccc1NCCc1ccccc1C(=O)O. The van der Waals surface area contributed by atoms with Crippen molar-refractivity contribution in [3.05, 3.63) is 65.0 Å². The standard InChI is InChI=1S/C16H13FN2O2/c17-14-6-3-7-15(13(14)10-18)19-9-8-11-4-1-2-5-12(11)16(20)21/h1-7,19H,8-9H2,(H,20,21). The van der Waals surface area contributed by atoms with Gasteiger partial charge in [0, 0.05) is 6.54 Å². The number of aromatic carboxylic acids is 1. The van der Waals surface area contributed by atoms with E-state index >= 15 is 0 Å². The van der Waals surface area contributed by atoms with Crippen molar-refractivity contribution in [1.82, 2.24) is 0 Å². The van der Waals surface area contributed by atoms with Crippen molar-refractivity contribution in [2.45, 2.75) is 6.42 Å². The first kappa shape index (κ1) is 14.5. The summed E-state index contributed by atoms with van der Waals surface area (Å²) in [5.41, 5.74) is 1.31. The van der Waals surface area contributed by atoms with E-state index in [1.807, 2.05) is 6.07 Å². The number of nitrogens with one attached hydrogen (secondary N) is 1. The number of benzene rings is 2. The third kappa shape index (κ3) is 3.37. The maximum Gasteiger partial charge on any atom is 0.335 e. The number of halogens is 1. The molecule has 0 aromatic heterocycles. The fraction of sp³-hybridized carbons (Fsp3) is 0.125. The summed E-state index contributed by atoms with van der Waals surface area (Å²) >= 11 is 0. The molecule has 0 saturated heterocycles. The summed E-state index contributed by atoms with van der Waals surface area (Å²) in [7, 11) is 0. The molecule has 4 nitrogen and oxygen atoms in total. The highest BCUT2D eigenvalue weighted by molar-refractivity contribution is 5.89. The number of nitrogens with zero attached hydrogens (tertiary/aromatic N) is 1. The lowest BCUT2D eigenvalue weighted by atomic mass is 10.0. The van der Waals surface area contributed by atoms with Gasteiger partial charge in [-0.05, 0) is 30.2 Å². The van der Waals surface area contributed by atoms with Crippen molar-refractivity contribution < 1.29 is 14.3 Å². The van der Waals surface area contributed by atoms with Crippen LogP contribution in [-0.2, 0) is 6.42 Å². The van der Waals surface area contributed by atoms with Crippen LogP contribution in [0.3, 0.4) is 0 Å². The van der Waals surface area contributed by atoms with Crippen LogP contribution in [0.15, 0.2) is 42.5 Å². The second-order valence-electron chi connectivity index (χ2n) is 4.41. The summed E-state index contributed by atoms with van der Waals surface area (Å²) in [5, 5.41) is 21.0. The molecule has 5 heteroatoms. The summed E-state index contributed by atoms with van der Waals surface area (Å²) in [5.74, 6) is -1.55. The second kappa shape index (κ2) is 6.53. The molecule has 0 aliphatic carbocycles. The Kier molecular flexibility index (Phi) is 4.52. The van der Waals surface area contributed by atoms with Crippen molar-refractivity contribution in [3.8, 4) is 6.07 Å². The Bertz CT molecular complexity index is 708. The van der Waals surface area contributed by atoms with Gasteiger partial charge in [-0.1, -0.05) is 24.3 Å². The van der Waals surface area contributed by atoms with Gasteiger partial charge in [0.2, 0.25) is 0 Å². The molecule has 0 fully saturated rings. The van der Waals surface area contributed by atoms with Crippen LogP contribution in [0.5, 0.6) is 0 Å². The molecule has 2 aromatic rings. The number of hydrogen-bond acceptors (Lipinski definition) is 3. The van der Waals surface area contributed by atoms with E-state index in [-0.39, 0.29) is 11.1 Å². The molecule has 0 radical (unpaired) electrons. The van der Waals surface area contributed by atoms with E-state index in [0.717, 1.165) is 0 Å². The molecule has 0 aliphatic rings. The third-order valence-electron chi connectivity index (χ3n) is 3.08. The number of rotatable bonds is 5. The Balaban J connectivity index is 2.08. The van der Waals surface area contributed by atoms with Gasteiger partial charge in [-0.3, -0.25) is 0 Å². The lowest BCUT2D eigenvalue weighted by molar-refractivity contribution is 0.0695. The molecule has 0 spiro atoms. The van der Waals surface area contributed by atoms with E-state index < -0.39 is 11.8 Å². The van der Waals surface area contributed by atoms with Crippen LogP contribution in [0.2, 0.25) is 0 Å². The Morgan fingerprint density at radius 3 is 2.71 bits per heavy atom. The zero-order chi connectivity index (χ0) is 15.2. The average molecular weight is 284 g/mol. The molecule has 0 aliphatic heterocycles. The molecule has 2 rings (SSSR count). The minimum Gasteiger partial charge on any atom is -0.478 e. The number of nitriles is 1. The summed E-state index contributed by atoms with van der Waals surface area (Å²) in [6.07, 6.45) is 0.462. The lowest BCUT2D eigenvalue weighted by Gasteiger charge is -2.10. The first-order chi connectivity index (χ1) is 10.1. The van der Waals surface area contributed by atoms with Gasteiger partial charge < -0.3 is 10.4 Å². The Morgan fingerprint density at radius 2 is 2.00 bits per heavy atom. The molecular formula is C16H13FN2O2. The van der Waals surface area contributed by atoms with E-state index in [4.69, 9.17) is 10.4 Å². The summed E-state index contributed by atoms with van der Waals surface area (Å²) in [6, 6.07) is 12.9. The summed E-state index contributed by atoms with van der Waals surface area (Å²) < 4.78 is 13.4. The second-order valence-corrected chi connectivity index (χ2v) is 4.41. The molecule has 0 atom stereocenters. The molecule has 21 heavy (non-hydrogen) atoms. The van der Waals surface area contributed by atoms with Crippen LogP contribution < -0.4 is 5.32 Å². The Hall–Kier alpha value is -2.87. The minimum atomic E-state index is -0.978. The van der Waals surface area contributed by atoms with Crippen LogP contribution in [0.25, 0.3) is 0 Å². The summed E-state index contributed by atoms with van der Waals surface area (Å²) in [4.78, 5) is 11.1. The minimum absolute atomic E-state index is 0.0379. The maximum atomic E-state index is 13.4. The molecule has 106 valence electrons. The molecule has 2 aromatic carbocycles. The van der Waals surface area contributed by atoms with Gasteiger partial charge in [0.1, 0.15) is 17.4 Å². The fourth-order valence-corrected chi connectivity index (χ4v) is 2.06. The normalized spacial score (nSPS) is 9.90. The maximum absolute atomic E-state index is 13.4. The van der Waals surface area contributed by atoms with E-state index in [1.165, 1.54) is 12.1 Å². The smallest absolute Gasteiger partial charge is 0.335 e. The quantitative estimate of drug-likeness (QED) is 0.885. The van der Waals surface area contributed by atoms with Gasteiger partial charge in [-0.25, -0.2) is 9.18 Å². The predicted octanol–water partition coefficient (Wildman–Crippen LogP) is 3.05. The molecule has 0 amide bonds. The van der Waals surface area contributed by atoms with E-state index in [0.29, 0.717) is 24.2 Å². The Labute approximate surface area is 121 Å². The molecule has 0 saturated carbocycles. The van der Waals surface area contributed by atoms with E-state index in [1.54, 1.807) is 30.3 Å². The van der Waals surface area contributed by atoms with Gasteiger partial charge in [-0.2, -0.15) is 5.26 Å². The van der Waals surface area contributed by atoms with Crippen LogP contribution in [0.4, 0.5) is 10.1 Å². The number of carboxylic acid groups (broad SMARTS) is 1. The number of carbonyl (C=O) groups is 1. The summed E-state index contributed by atoms with van der Waals surface area (Å²) in [6.45, 7) is 0.405. The van der Waals surface area contributed by atoms with Crippen molar-refractivity contribution in [1.29, 1.82) is 5.26 Å². The molecule has 2 N–H and O–H groups in total. The van der Waals surface area contributed by atoms with E-state index in [9.17, 15) is 9.18 Å². The average Bonchev–Trinajstić information content (AvgIpc) is 2.48. The topological polar surface area (TPSA) is 73.1 Å². The van der Waals surface area contributed by atoms with Gasteiger partial charge in [0.15, 0.2) is 0 Å². The van der Waals surface area contributed by atoms with Crippen molar-refractivity contribution in [3.63, 3.8) is 0 Å². The first-order valence-electron chi connectivity index (χ1n) is 6.37. The zero-order valence-electron chi connectivity index (χ0n) is 11.1. The molecule has 0 unspecified atom stereocenters. The van der Waals surface area contributed by atoms with Crippen LogP contribution in [0.1, 0.15) is 21.5 Å². The van der Waals surface area contributed by atoms with Gasteiger partial charge in [0.25, 0.3) is 0 Å². The lowest BCUT2D eigenvalue weighted by Crippen LogP contribution is -2.10. The fourth-order valence-electron chi connectivity index (χ4n) is 2.06. The van der Waals surface area contributed by atoms with Gasteiger partial charge in [-0.15, -0.1) is 0 Å². The highest BCUT2D eigenvalue weighted by Crippen LogP contribution is 2.18. The van der Waals surface area contributed by atoms with Crippen molar-refractivity contribution >= 4 is 11.7 Å². The Morgan fingerprint density at radius 1 is 1.24 bits per heavy atom. The molecule has 0 heterocycles. The third-order valence-corrected chi connectivity index (χ3v) is 3.08. The van der Waals surface area contributed by atoms with Gasteiger partial charge >= 0.3 is 5.97 Å². The van der Waals surface area contributed by atoms with Crippen LogP contribution in [0, 0.1) is 17.1 Å². The molecular weight excluding hydrogens is 271 g/mol. The van der Waals surface area contributed by atoms with Crippen molar-refractivity contribution in [2.75, 3.05) is 11.9 Å². The first-order valence-corrected chi connectivity index (χ1v) is 6.37. The number of carboxylic acids is 1. The monoisotopic (exact) mass is 284 g/mol. The van der Waals surface area contributed by atoms with Crippen molar-refractivity contribution in [2.24, 2.45) is 0 Å². The van der Waals surface area contributed by atoms with Gasteiger partial charge in [0.05, 0.1) is 11.3 Å². The van der Waals surface area contributed by atoms with Crippen LogP contribution in [-0.4, -0.2) is 17.6 Å². The zero-order valence-corrected chi connectivity index (χ0v) is 11.1.